The average molecular weight is 459 g/mol. The molecule has 0 saturated heterocycles. The molecule has 5 aromatic rings. The lowest BCUT2D eigenvalue weighted by Gasteiger charge is -2.23. The van der Waals surface area contributed by atoms with Crippen LogP contribution in [0, 0.1) is 0 Å². The number of benzene rings is 4. The first kappa shape index (κ1) is 20.9. The van der Waals surface area contributed by atoms with Gasteiger partial charge >= 0.3 is 5.97 Å². The minimum Gasteiger partial charge on any atom is -0.497 e. The Hall–Kier alpha value is -4.64. The number of fused-ring (bicyclic) bond motifs is 1. The van der Waals surface area contributed by atoms with Crippen molar-refractivity contribution < 1.29 is 14.3 Å². The number of aromatic amines is 1. The van der Waals surface area contributed by atoms with Gasteiger partial charge in [-0.15, -0.1) is 0 Å². The van der Waals surface area contributed by atoms with Crippen LogP contribution in [0.3, 0.4) is 0 Å². The third-order valence-electron chi connectivity index (χ3n) is 6.48. The second-order valence-electron chi connectivity index (χ2n) is 8.44. The van der Waals surface area contributed by atoms with Crippen LogP contribution in [0.1, 0.15) is 16.7 Å². The fraction of sp³-hybridized carbons (Fsp3) is 0.0667. The van der Waals surface area contributed by atoms with E-state index in [4.69, 9.17) is 14.5 Å². The summed E-state index contributed by atoms with van der Waals surface area (Å²) >= 11 is 0. The van der Waals surface area contributed by atoms with Gasteiger partial charge in [-0.3, -0.25) is 0 Å². The molecule has 35 heavy (non-hydrogen) atoms. The molecule has 1 aliphatic heterocycles. The summed E-state index contributed by atoms with van der Waals surface area (Å²) in [5.41, 5.74) is 3.99. The van der Waals surface area contributed by atoms with Crippen LogP contribution >= 0.6 is 0 Å². The van der Waals surface area contributed by atoms with Gasteiger partial charge in [-0.05, 0) is 47.0 Å². The van der Waals surface area contributed by atoms with Gasteiger partial charge in [0.25, 0.3) is 0 Å². The highest BCUT2D eigenvalue weighted by atomic mass is 16.6. The highest BCUT2D eigenvalue weighted by molar-refractivity contribution is 6.11. The fourth-order valence-electron chi connectivity index (χ4n) is 4.65. The number of hydrogen-bond acceptors (Lipinski definition) is 4. The predicted octanol–water partition coefficient (Wildman–Crippen LogP) is 6.09. The highest BCUT2D eigenvalue weighted by Gasteiger charge is 2.50. The van der Waals surface area contributed by atoms with Crippen LogP contribution in [-0.2, 0) is 15.1 Å². The van der Waals surface area contributed by atoms with E-state index in [1.54, 1.807) is 7.11 Å². The lowest BCUT2D eigenvalue weighted by atomic mass is 9.83. The molecule has 5 heteroatoms. The SMILES string of the molecule is COc1ccc(C2=NC(c3ccc(-c4ccccc4)cc3)(c3c[nH]c4ccccc34)C(=O)O2)cc1. The van der Waals surface area contributed by atoms with Crippen molar-refractivity contribution in [3.63, 3.8) is 0 Å². The van der Waals surface area contributed by atoms with E-state index in [1.165, 1.54) is 0 Å². The Labute approximate surface area is 202 Å². The van der Waals surface area contributed by atoms with Crippen LogP contribution in [0.4, 0.5) is 0 Å². The van der Waals surface area contributed by atoms with E-state index in [-0.39, 0.29) is 5.90 Å². The summed E-state index contributed by atoms with van der Waals surface area (Å²) in [6, 6.07) is 33.4. The summed E-state index contributed by atoms with van der Waals surface area (Å²) in [7, 11) is 1.61. The Morgan fingerprint density at radius 1 is 0.771 bits per heavy atom. The van der Waals surface area contributed by atoms with E-state index in [0.29, 0.717) is 5.56 Å². The Kier molecular flexibility index (Phi) is 4.96. The molecule has 1 unspecified atom stereocenters. The van der Waals surface area contributed by atoms with E-state index in [9.17, 15) is 4.79 Å². The van der Waals surface area contributed by atoms with Crippen LogP contribution in [0.25, 0.3) is 22.0 Å². The first-order valence-electron chi connectivity index (χ1n) is 11.4. The lowest BCUT2D eigenvalue weighted by molar-refractivity contribution is -0.137. The smallest absolute Gasteiger partial charge is 0.350 e. The third kappa shape index (κ3) is 3.40. The first-order valence-corrected chi connectivity index (χ1v) is 11.4. The van der Waals surface area contributed by atoms with E-state index in [0.717, 1.165) is 38.9 Å². The number of esters is 1. The number of para-hydroxylation sites is 1. The number of hydrogen-bond donors (Lipinski definition) is 1. The lowest BCUT2D eigenvalue weighted by Crippen LogP contribution is -2.32. The van der Waals surface area contributed by atoms with Crippen LogP contribution in [-0.4, -0.2) is 24.0 Å². The second-order valence-corrected chi connectivity index (χ2v) is 8.44. The maximum atomic E-state index is 13.7. The molecule has 6 rings (SSSR count). The number of nitrogens with one attached hydrogen (secondary N) is 1. The van der Waals surface area contributed by atoms with Gasteiger partial charge in [-0.2, -0.15) is 0 Å². The van der Waals surface area contributed by atoms with E-state index < -0.39 is 11.5 Å². The quantitative estimate of drug-likeness (QED) is 0.324. The summed E-state index contributed by atoms with van der Waals surface area (Å²) in [5, 5.41) is 0.927. The summed E-state index contributed by atoms with van der Waals surface area (Å²) < 4.78 is 11.1. The van der Waals surface area contributed by atoms with E-state index >= 15 is 0 Å². The number of ether oxygens (including phenoxy) is 2. The molecule has 1 N–H and O–H groups in total. The number of cyclic esters (lactones) is 1. The van der Waals surface area contributed by atoms with Crippen molar-refractivity contribution in [2.24, 2.45) is 4.99 Å². The molecule has 170 valence electrons. The number of rotatable bonds is 5. The number of carbonyl (C=O) groups is 1. The minimum atomic E-state index is -1.33. The summed E-state index contributed by atoms with van der Waals surface area (Å²) in [4.78, 5) is 22.0. The van der Waals surface area contributed by atoms with Crippen molar-refractivity contribution in [1.29, 1.82) is 0 Å². The average Bonchev–Trinajstić information content (AvgIpc) is 3.51. The van der Waals surface area contributed by atoms with E-state index in [1.807, 2.05) is 97.2 Å². The van der Waals surface area contributed by atoms with Crippen molar-refractivity contribution in [1.82, 2.24) is 4.98 Å². The molecular formula is C30H22N2O3. The topological polar surface area (TPSA) is 63.7 Å². The maximum absolute atomic E-state index is 13.7. The molecule has 0 bridgehead atoms. The van der Waals surface area contributed by atoms with E-state index in [2.05, 4.69) is 17.1 Å². The highest BCUT2D eigenvalue weighted by Crippen LogP contribution is 2.43. The minimum absolute atomic E-state index is 0.287. The first-order chi connectivity index (χ1) is 17.2. The summed E-state index contributed by atoms with van der Waals surface area (Å²) in [6.07, 6.45) is 1.86. The maximum Gasteiger partial charge on any atom is 0.350 e. The molecule has 2 heterocycles. The molecule has 1 aliphatic rings. The molecule has 4 aromatic carbocycles. The Morgan fingerprint density at radius 2 is 1.43 bits per heavy atom. The molecule has 0 saturated carbocycles. The molecule has 0 spiro atoms. The Morgan fingerprint density at radius 3 is 2.17 bits per heavy atom. The molecule has 5 nitrogen and oxygen atoms in total. The van der Waals surface area contributed by atoms with Gasteiger partial charge in [0.15, 0.2) is 0 Å². The monoisotopic (exact) mass is 458 g/mol. The van der Waals surface area contributed by atoms with Crippen LogP contribution in [0.15, 0.2) is 114 Å². The number of methoxy groups -OCH3 is 1. The van der Waals surface area contributed by atoms with Gasteiger partial charge in [0.05, 0.1) is 7.11 Å². The molecule has 0 aliphatic carbocycles. The van der Waals surface area contributed by atoms with Crippen molar-refractivity contribution in [3.05, 3.63) is 126 Å². The normalized spacial score (nSPS) is 17.3. The van der Waals surface area contributed by atoms with Gasteiger partial charge in [-0.25, -0.2) is 9.79 Å². The molecule has 0 amide bonds. The second kappa shape index (κ2) is 8.29. The van der Waals surface area contributed by atoms with Gasteiger partial charge in [-0.1, -0.05) is 72.8 Å². The summed E-state index contributed by atoms with van der Waals surface area (Å²) in [6.45, 7) is 0. The van der Waals surface area contributed by atoms with Gasteiger partial charge in [0.1, 0.15) is 5.75 Å². The van der Waals surface area contributed by atoms with Crippen molar-refractivity contribution in [2.45, 2.75) is 5.54 Å². The van der Waals surface area contributed by atoms with Crippen LogP contribution in [0.5, 0.6) is 5.75 Å². The molecular weight excluding hydrogens is 436 g/mol. The molecule has 1 aromatic heterocycles. The number of carbonyl (C=O) groups excluding carboxylic acids is 1. The number of aliphatic imine (C=N–C) groups is 1. The Balaban J connectivity index is 1.53. The largest absolute Gasteiger partial charge is 0.497 e. The van der Waals surface area contributed by atoms with Gasteiger partial charge in [0, 0.05) is 28.2 Å². The number of aromatic nitrogens is 1. The number of H-pyrrole nitrogens is 1. The van der Waals surface area contributed by atoms with Crippen LogP contribution < -0.4 is 4.74 Å². The Bertz CT molecular complexity index is 1550. The van der Waals surface area contributed by atoms with Gasteiger partial charge in [0.2, 0.25) is 11.4 Å². The van der Waals surface area contributed by atoms with Crippen molar-refractivity contribution >= 4 is 22.8 Å². The zero-order valence-corrected chi connectivity index (χ0v) is 19.1. The number of nitrogens with zero attached hydrogens (tertiary/aromatic N) is 1. The van der Waals surface area contributed by atoms with Crippen molar-refractivity contribution in [3.8, 4) is 16.9 Å². The van der Waals surface area contributed by atoms with Crippen molar-refractivity contribution in [2.75, 3.05) is 7.11 Å². The van der Waals surface area contributed by atoms with Crippen LogP contribution in [0.2, 0.25) is 0 Å². The summed E-state index contributed by atoms with van der Waals surface area (Å²) in [5.74, 6) is 0.577. The molecule has 1 atom stereocenters. The zero-order chi connectivity index (χ0) is 23.8. The third-order valence-corrected chi connectivity index (χ3v) is 6.48. The molecule has 0 radical (unpaired) electrons. The predicted molar refractivity (Wildman–Crippen MR) is 137 cm³/mol. The fourth-order valence-corrected chi connectivity index (χ4v) is 4.65. The zero-order valence-electron chi connectivity index (χ0n) is 19.1. The van der Waals surface area contributed by atoms with Gasteiger partial charge < -0.3 is 14.5 Å². The molecule has 0 fully saturated rings. The standard InChI is InChI=1S/C30H22N2O3/c1-34-24-17-13-22(14-18-24)28-32-30(29(33)35-28,26-19-31-27-10-6-5-9-25(26)27)23-15-11-21(12-16-23)20-7-3-2-4-8-20/h2-19,31H,1H3.